The number of nitrogens with one attached hydrogen (secondary N) is 2. The molecular formula is C18H20ClFN3O2S+. The van der Waals surface area contributed by atoms with Gasteiger partial charge in [0.2, 0.25) is 5.91 Å². The number of hydrogen-bond donors (Lipinski definition) is 3. The van der Waals surface area contributed by atoms with Gasteiger partial charge in [-0.1, -0.05) is 29.8 Å². The standard InChI is InChI=1S/C18H19ClFN3O2S/c1-23(9-12-13(19)5-4-6-14(12)20)10-18(25)22-15-7-2-3-8-16(15)26-11-17(21)24/h2-8H,9-11H2,1H3,(H2,21,24)(H,22,25)/p+1. The van der Waals surface area contributed by atoms with Gasteiger partial charge in [-0.05, 0) is 24.3 Å². The lowest BCUT2D eigenvalue weighted by molar-refractivity contribution is -0.885. The highest BCUT2D eigenvalue weighted by Gasteiger charge is 2.16. The van der Waals surface area contributed by atoms with Gasteiger partial charge in [-0.3, -0.25) is 9.59 Å². The molecule has 0 heterocycles. The van der Waals surface area contributed by atoms with E-state index in [4.69, 9.17) is 17.3 Å². The van der Waals surface area contributed by atoms with Crippen LogP contribution in [0.25, 0.3) is 0 Å². The molecule has 0 fully saturated rings. The maximum Gasteiger partial charge on any atom is 0.279 e. The lowest BCUT2D eigenvalue weighted by atomic mass is 10.2. The Kier molecular flexibility index (Phi) is 7.44. The van der Waals surface area contributed by atoms with Crippen molar-refractivity contribution in [3.05, 3.63) is 58.9 Å². The minimum atomic E-state index is -0.429. The van der Waals surface area contributed by atoms with Crippen LogP contribution in [-0.2, 0) is 16.1 Å². The fourth-order valence-electron chi connectivity index (χ4n) is 2.38. The van der Waals surface area contributed by atoms with Crippen LogP contribution in [0, 0.1) is 5.82 Å². The highest BCUT2D eigenvalue weighted by Crippen LogP contribution is 2.26. The molecule has 26 heavy (non-hydrogen) atoms. The molecule has 0 aliphatic carbocycles. The van der Waals surface area contributed by atoms with Gasteiger partial charge < -0.3 is 16.0 Å². The van der Waals surface area contributed by atoms with E-state index in [1.165, 1.54) is 17.8 Å². The normalized spacial score (nSPS) is 11.8. The number of para-hydroxylation sites is 1. The number of rotatable bonds is 8. The number of thioether (sulfide) groups is 1. The number of amides is 2. The van der Waals surface area contributed by atoms with Gasteiger partial charge in [0.25, 0.3) is 5.91 Å². The molecule has 1 unspecified atom stereocenters. The van der Waals surface area contributed by atoms with Crippen LogP contribution in [0.15, 0.2) is 47.4 Å². The zero-order valence-electron chi connectivity index (χ0n) is 14.2. The van der Waals surface area contributed by atoms with Crippen molar-refractivity contribution in [1.82, 2.24) is 0 Å². The molecule has 0 saturated heterocycles. The van der Waals surface area contributed by atoms with E-state index >= 15 is 0 Å². The van der Waals surface area contributed by atoms with Crippen LogP contribution in [0.1, 0.15) is 5.56 Å². The Morgan fingerprint density at radius 2 is 1.96 bits per heavy atom. The molecule has 0 aliphatic rings. The number of hydrogen-bond acceptors (Lipinski definition) is 3. The van der Waals surface area contributed by atoms with Crippen LogP contribution in [0.4, 0.5) is 10.1 Å². The molecule has 2 aromatic rings. The predicted octanol–water partition coefficient (Wildman–Crippen LogP) is 1.71. The van der Waals surface area contributed by atoms with E-state index in [2.05, 4.69) is 5.32 Å². The minimum absolute atomic E-state index is 0.129. The summed E-state index contributed by atoms with van der Waals surface area (Å²) in [5.41, 5.74) is 6.16. The molecule has 0 bridgehead atoms. The molecule has 1 atom stereocenters. The van der Waals surface area contributed by atoms with Crippen molar-refractivity contribution in [1.29, 1.82) is 0 Å². The first-order valence-electron chi connectivity index (χ1n) is 7.91. The summed E-state index contributed by atoms with van der Waals surface area (Å²) in [7, 11) is 1.79. The quantitative estimate of drug-likeness (QED) is 0.594. The van der Waals surface area contributed by atoms with E-state index in [1.54, 1.807) is 37.4 Å². The van der Waals surface area contributed by atoms with E-state index in [0.717, 1.165) is 9.80 Å². The van der Waals surface area contributed by atoms with E-state index in [1.807, 2.05) is 6.07 Å². The van der Waals surface area contributed by atoms with Crippen molar-refractivity contribution in [3.63, 3.8) is 0 Å². The zero-order chi connectivity index (χ0) is 19.1. The Morgan fingerprint density at radius 1 is 1.23 bits per heavy atom. The Bertz CT molecular complexity index is 784. The van der Waals surface area contributed by atoms with E-state index in [0.29, 0.717) is 16.3 Å². The summed E-state index contributed by atoms with van der Waals surface area (Å²) >= 11 is 7.29. The molecule has 0 aliphatic heterocycles. The van der Waals surface area contributed by atoms with Crippen molar-refractivity contribution >= 4 is 40.9 Å². The second kappa shape index (κ2) is 9.56. The third kappa shape index (κ3) is 6.01. The number of anilines is 1. The second-order valence-corrected chi connectivity index (χ2v) is 7.23. The molecule has 8 heteroatoms. The summed E-state index contributed by atoms with van der Waals surface area (Å²) < 4.78 is 13.9. The van der Waals surface area contributed by atoms with Crippen LogP contribution in [0.2, 0.25) is 5.02 Å². The first-order chi connectivity index (χ1) is 12.4. The van der Waals surface area contributed by atoms with Gasteiger partial charge in [0.05, 0.1) is 29.1 Å². The SMILES string of the molecule is C[NH+](CC(=O)Nc1ccccc1SCC(N)=O)Cc1c(F)cccc1Cl. The predicted molar refractivity (Wildman–Crippen MR) is 102 cm³/mol. The Hall–Kier alpha value is -2.09. The number of quaternary nitrogens is 1. The van der Waals surface area contributed by atoms with Gasteiger partial charge >= 0.3 is 0 Å². The fraction of sp³-hybridized carbons (Fsp3) is 0.222. The average Bonchev–Trinajstić information content (AvgIpc) is 2.57. The van der Waals surface area contributed by atoms with E-state index < -0.39 is 5.91 Å². The second-order valence-electron chi connectivity index (χ2n) is 5.81. The zero-order valence-corrected chi connectivity index (χ0v) is 15.8. The van der Waals surface area contributed by atoms with Gasteiger partial charge in [-0.25, -0.2) is 4.39 Å². The molecule has 0 saturated carbocycles. The highest BCUT2D eigenvalue weighted by atomic mass is 35.5. The van der Waals surface area contributed by atoms with Gasteiger partial charge in [-0.15, -0.1) is 11.8 Å². The monoisotopic (exact) mass is 396 g/mol. The molecule has 2 aromatic carbocycles. The topological polar surface area (TPSA) is 76.6 Å². The number of primary amides is 1. The minimum Gasteiger partial charge on any atom is -0.369 e. The molecule has 2 amide bonds. The third-order valence-corrected chi connectivity index (χ3v) is 4.98. The molecular weight excluding hydrogens is 377 g/mol. The van der Waals surface area contributed by atoms with Gasteiger partial charge in [0.15, 0.2) is 6.54 Å². The summed E-state index contributed by atoms with van der Waals surface area (Å²) in [6.07, 6.45) is 0. The lowest BCUT2D eigenvalue weighted by Gasteiger charge is -2.16. The van der Waals surface area contributed by atoms with Crippen LogP contribution in [-0.4, -0.2) is 31.2 Å². The molecule has 4 N–H and O–H groups in total. The van der Waals surface area contributed by atoms with Crippen molar-refractivity contribution in [2.75, 3.05) is 24.7 Å². The van der Waals surface area contributed by atoms with Crippen molar-refractivity contribution < 1.29 is 18.9 Å². The summed E-state index contributed by atoms with van der Waals surface area (Å²) in [4.78, 5) is 24.8. The maximum absolute atomic E-state index is 13.9. The lowest BCUT2D eigenvalue weighted by Crippen LogP contribution is -3.08. The number of nitrogens with two attached hydrogens (primary N) is 1. The number of carbonyl (C=O) groups is 2. The Labute approximate surface area is 160 Å². The smallest absolute Gasteiger partial charge is 0.279 e. The van der Waals surface area contributed by atoms with Gasteiger partial charge in [-0.2, -0.15) is 0 Å². The number of halogens is 2. The van der Waals surface area contributed by atoms with Crippen LogP contribution < -0.4 is 16.0 Å². The van der Waals surface area contributed by atoms with E-state index in [9.17, 15) is 14.0 Å². The number of carbonyl (C=O) groups excluding carboxylic acids is 2. The van der Waals surface area contributed by atoms with Crippen LogP contribution in [0.3, 0.4) is 0 Å². The molecule has 0 aromatic heterocycles. The summed E-state index contributed by atoms with van der Waals surface area (Å²) in [5, 5.41) is 3.17. The number of likely N-dealkylation sites (N-methyl/N-ethyl adjacent to an activating group) is 1. The summed E-state index contributed by atoms with van der Waals surface area (Å²) in [5.74, 6) is -0.904. The van der Waals surface area contributed by atoms with Crippen molar-refractivity contribution in [2.45, 2.75) is 11.4 Å². The Morgan fingerprint density at radius 3 is 2.65 bits per heavy atom. The van der Waals surface area contributed by atoms with Gasteiger partial charge in [0, 0.05) is 4.90 Å². The van der Waals surface area contributed by atoms with Crippen LogP contribution >= 0.6 is 23.4 Å². The van der Waals surface area contributed by atoms with Crippen LogP contribution in [0.5, 0.6) is 0 Å². The van der Waals surface area contributed by atoms with Crippen molar-refractivity contribution in [2.24, 2.45) is 5.73 Å². The average molecular weight is 397 g/mol. The first-order valence-corrected chi connectivity index (χ1v) is 9.27. The number of benzene rings is 2. The first kappa shape index (κ1) is 20.2. The van der Waals surface area contributed by atoms with Gasteiger partial charge in [0.1, 0.15) is 12.4 Å². The fourth-order valence-corrected chi connectivity index (χ4v) is 3.36. The molecule has 0 radical (unpaired) electrons. The molecule has 2 rings (SSSR count). The van der Waals surface area contributed by atoms with Crippen molar-refractivity contribution in [3.8, 4) is 0 Å². The highest BCUT2D eigenvalue weighted by molar-refractivity contribution is 8.00. The molecule has 0 spiro atoms. The molecule has 5 nitrogen and oxygen atoms in total. The molecule has 138 valence electrons. The van der Waals surface area contributed by atoms with E-state index in [-0.39, 0.29) is 30.6 Å². The Balaban J connectivity index is 1.97. The largest absolute Gasteiger partial charge is 0.369 e. The maximum atomic E-state index is 13.9. The summed E-state index contributed by atoms with van der Waals surface area (Å²) in [6.45, 7) is 0.427. The third-order valence-electron chi connectivity index (χ3n) is 3.53. The summed E-state index contributed by atoms with van der Waals surface area (Å²) in [6, 6.07) is 11.7.